The van der Waals surface area contributed by atoms with Crippen LogP contribution in [0.2, 0.25) is 0 Å². The summed E-state index contributed by atoms with van der Waals surface area (Å²) in [4.78, 5) is 12.7. The van der Waals surface area contributed by atoms with E-state index in [0.29, 0.717) is 0 Å². The molecule has 0 aliphatic carbocycles. The summed E-state index contributed by atoms with van der Waals surface area (Å²) >= 11 is 1.44. The number of hydrogen-bond donors (Lipinski definition) is 0. The van der Waals surface area contributed by atoms with Crippen molar-refractivity contribution >= 4 is 17.5 Å². The van der Waals surface area contributed by atoms with E-state index >= 15 is 0 Å². The van der Waals surface area contributed by atoms with Crippen molar-refractivity contribution < 1.29 is 4.79 Å². The number of ketones is 1. The quantitative estimate of drug-likeness (QED) is 0.503. The van der Waals surface area contributed by atoms with Crippen molar-refractivity contribution in [1.29, 1.82) is 0 Å². The maximum absolute atomic E-state index is 12.7. The maximum Gasteiger partial charge on any atom is 0.191 e. The van der Waals surface area contributed by atoms with Crippen molar-refractivity contribution in [2.75, 3.05) is 0 Å². The molecule has 5 heteroatoms. The maximum atomic E-state index is 12.7. The van der Waals surface area contributed by atoms with Gasteiger partial charge in [0.2, 0.25) is 0 Å². The number of carbonyl (C=O) groups excluding carboxylic acids is 1. The second-order valence-corrected chi connectivity index (χ2v) is 7.46. The normalized spacial score (nSPS) is 12.2. The van der Waals surface area contributed by atoms with Gasteiger partial charge in [0, 0.05) is 18.2 Å². The molecule has 0 N–H and O–H groups in total. The fraction of sp³-hybridized carbons (Fsp3) is 0.250. The molecule has 0 fully saturated rings. The number of hydrogen-bond acceptors (Lipinski definition) is 4. The van der Waals surface area contributed by atoms with Gasteiger partial charge in [0.1, 0.15) is 0 Å². The predicted molar refractivity (Wildman–Crippen MR) is 102 cm³/mol. The van der Waals surface area contributed by atoms with Crippen molar-refractivity contribution in [2.24, 2.45) is 7.05 Å². The Morgan fingerprint density at radius 3 is 2.44 bits per heavy atom. The Morgan fingerprint density at radius 1 is 1.04 bits per heavy atom. The van der Waals surface area contributed by atoms with E-state index < -0.39 is 0 Å². The molecule has 0 aliphatic heterocycles. The SMILES string of the molecule is Cc1ccc(C(=O)[C@@H](C)Sc2nnc(-c3ccccc3)n2C)cc1C. The van der Waals surface area contributed by atoms with E-state index in [9.17, 15) is 4.79 Å². The van der Waals surface area contributed by atoms with Crippen LogP contribution in [-0.2, 0) is 7.05 Å². The highest BCUT2D eigenvalue weighted by Gasteiger charge is 2.20. The van der Waals surface area contributed by atoms with Crippen LogP contribution in [-0.4, -0.2) is 25.8 Å². The van der Waals surface area contributed by atoms with E-state index in [1.807, 2.05) is 80.9 Å². The Morgan fingerprint density at radius 2 is 1.76 bits per heavy atom. The van der Waals surface area contributed by atoms with E-state index in [-0.39, 0.29) is 11.0 Å². The zero-order chi connectivity index (χ0) is 18.0. The van der Waals surface area contributed by atoms with Crippen molar-refractivity contribution in [3.8, 4) is 11.4 Å². The van der Waals surface area contributed by atoms with Gasteiger partial charge in [-0.25, -0.2) is 0 Å². The van der Waals surface area contributed by atoms with Crippen molar-refractivity contribution in [3.63, 3.8) is 0 Å². The Hall–Kier alpha value is -2.40. The summed E-state index contributed by atoms with van der Waals surface area (Å²) in [5.74, 6) is 0.909. The summed E-state index contributed by atoms with van der Waals surface area (Å²) in [6, 6.07) is 15.8. The molecule has 0 amide bonds. The minimum Gasteiger partial charge on any atom is -0.305 e. The van der Waals surface area contributed by atoms with E-state index in [4.69, 9.17) is 0 Å². The van der Waals surface area contributed by atoms with Crippen LogP contribution in [0.5, 0.6) is 0 Å². The molecule has 0 radical (unpaired) electrons. The zero-order valence-corrected chi connectivity index (χ0v) is 15.7. The van der Waals surface area contributed by atoms with E-state index in [0.717, 1.165) is 27.7 Å². The highest BCUT2D eigenvalue weighted by Crippen LogP contribution is 2.27. The molecule has 25 heavy (non-hydrogen) atoms. The lowest BCUT2D eigenvalue weighted by Crippen LogP contribution is -2.14. The molecule has 0 aliphatic rings. The largest absolute Gasteiger partial charge is 0.305 e. The number of thioether (sulfide) groups is 1. The number of aryl methyl sites for hydroxylation is 2. The number of benzene rings is 2. The molecule has 1 aromatic heterocycles. The van der Waals surface area contributed by atoms with Gasteiger partial charge in [0.25, 0.3) is 0 Å². The average Bonchev–Trinajstić information content (AvgIpc) is 2.98. The van der Waals surface area contributed by atoms with Gasteiger partial charge in [-0.3, -0.25) is 4.79 Å². The standard InChI is InChI=1S/C20H21N3OS/c1-13-10-11-17(12-14(13)2)18(24)15(3)25-20-22-21-19(23(20)4)16-8-6-5-7-9-16/h5-12,15H,1-4H3/t15-/m1/s1. The third-order valence-corrected chi connectivity index (χ3v) is 5.44. The van der Waals surface area contributed by atoms with E-state index in [2.05, 4.69) is 10.2 Å². The number of nitrogens with zero attached hydrogens (tertiary/aromatic N) is 3. The van der Waals surface area contributed by atoms with Crippen molar-refractivity contribution in [1.82, 2.24) is 14.8 Å². The van der Waals surface area contributed by atoms with Crippen molar-refractivity contribution in [3.05, 3.63) is 65.2 Å². The number of rotatable bonds is 5. The molecular weight excluding hydrogens is 330 g/mol. The minimum atomic E-state index is -0.228. The van der Waals surface area contributed by atoms with E-state index in [1.54, 1.807) is 0 Å². The highest BCUT2D eigenvalue weighted by atomic mass is 32.2. The molecule has 128 valence electrons. The van der Waals surface area contributed by atoms with E-state index in [1.165, 1.54) is 17.3 Å². The molecule has 2 aromatic carbocycles. The summed E-state index contributed by atoms with van der Waals surface area (Å²) in [5.41, 5.74) is 4.08. The summed E-state index contributed by atoms with van der Waals surface area (Å²) in [5, 5.41) is 9.05. The van der Waals surface area contributed by atoms with Crippen LogP contribution in [0.1, 0.15) is 28.4 Å². The van der Waals surface area contributed by atoms with Crippen molar-refractivity contribution in [2.45, 2.75) is 31.2 Å². The van der Waals surface area contributed by atoms with Crippen LogP contribution in [0.3, 0.4) is 0 Å². The Labute approximate surface area is 152 Å². The highest BCUT2D eigenvalue weighted by molar-refractivity contribution is 8.00. The first-order chi connectivity index (χ1) is 12.0. The fourth-order valence-electron chi connectivity index (χ4n) is 2.60. The second-order valence-electron chi connectivity index (χ2n) is 6.15. The molecule has 0 bridgehead atoms. The van der Waals surface area contributed by atoms with Gasteiger partial charge in [0.15, 0.2) is 16.8 Å². The lowest BCUT2D eigenvalue weighted by molar-refractivity contribution is 0.0993. The fourth-order valence-corrected chi connectivity index (χ4v) is 3.49. The molecule has 1 heterocycles. The van der Waals surface area contributed by atoms with Gasteiger partial charge in [-0.15, -0.1) is 10.2 Å². The Balaban J connectivity index is 1.79. The molecule has 1 atom stereocenters. The summed E-state index contributed by atoms with van der Waals surface area (Å²) in [7, 11) is 1.93. The lowest BCUT2D eigenvalue weighted by Gasteiger charge is -2.11. The summed E-state index contributed by atoms with van der Waals surface area (Å²) in [6.45, 7) is 5.99. The predicted octanol–water partition coefficient (Wildman–Crippen LogP) is 4.46. The monoisotopic (exact) mass is 351 g/mol. The Kier molecular flexibility index (Phi) is 5.04. The van der Waals surface area contributed by atoms with Crippen LogP contribution in [0.25, 0.3) is 11.4 Å². The summed E-state index contributed by atoms with van der Waals surface area (Å²) in [6.07, 6.45) is 0. The van der Waals surface area contributed by atoms with Gasteiger partial charge >= 0.3 is 0 Å². The molecule has 3 rings (SSSR count). The van der Waals surface area contributed by atoms with Gasteiger partial charge in [-0.05, 0) is 38.0 Å². The second kappa shape index (κ2) is 7.23. The number of aromatic nitrogens is 3. The molecule has 0 unspecified atom stereocenters. The van der Waals surface area contributed by atoms with Crippen LogP contribution in [0, 0.1) is 13.8 Å². The van der Waals surface area contributed by atoms with Crippen LogP contribution < -0.4 is 0 Å². The first-order valence-electron chi connectivity index (χ1n) is 8.20. The molecule has 0 saturated heterocycles. The third-order valence-electron chi connectivity index (χ3n) is 4.31. The average molecular weight is 351 g/mol. The van der Waals surface area contributed by atoms with Gasteiger partial charge in [-0.2, -0.15) is 0 Å². The third kappa shape index (κ3) is 3.66. The number of carbonyl (C=O) groups is 1. The smallest absolute Gasteiger partial charge is 0.191 e. The molecule has 3 aromatic rings. The Bertz CT molecular complexity index is 903. The zero-order valence-electron chi connectivity index (χ0n) is 14.9. The topological polar surface area (TPSA) is 47.8 Å². The summed E-state index contributed by atoms with van der Waals surface area (Å²) < 4.78 is 1.93. The first-order valence-corrected chi connectivity index (χ1v) is 9.08. The van der Waals surface area contributed by atoms with Crippen LogP contribution in [0.4, 0.5) is 0 Å². The minimum absolute atomic E-state index is 0.109. The van der Waals surface area contributed by atoms with Crippen LogP contribution >= 0.6 is 11.8 Å². The number of Topliss-reactive ketones (excluding diaryl/α,β-unsaturated/α-hetero) is 1. The van der Waals surface area contributed by atoms with Crippen LogP contribution in [0.15, 0.2) is 53.7 Å². The lowest BCUT2D eigenvalue weighted by atomic mass is 10.0. The molecular formula is C20H21N3OS. The molecule has 0 saturated carbocycles. The van der Waals surface area contributed by atoms with Gasteiger partial charge in [0.05, 0.1) is 5.25 Å². The van der Waals surface area contributed by atoms with Gasteiger partial charge in [-0.1, -0.05) is 54.2 Å². The molecule has 4 nitrogen and oxygen atoms in total. The molecule has 0 spiro atoms. The van der Waals surface area contributed by atoms with Gasteiger partial charge < -0.3 is 4.57 Å². The first kappa shape index (κ1) is 17.4.